The van der Waals surface area contributed by atoms with Gasteiger partial charge in [-0.2, -0.15) is 0 Å². The number of rotatable bonds is 13. The fraction of sp³-hybridized carbons (Fsp3) is 1.00. The topological polar surface area (TPSA) is 40.2 Å². The summed E-state index contributed by atoms with van der Waals surface area (Å²) < 4.78 is 22.5. The van der Waals surface area contributed by atoms with Crippen molar-refractivity contribution < 1.29 is 18.9 Å². The molecule has 0 aromatic rings. The van der Waals surface area contributed by atoms with Gasteiger partial charge in [-0.1, -0.05) is 20.8 Å². The highest BCUT2D eigenvalue weighted by atomic mass is 16.5. The highest BCUT2D eigenvalue weighted by Gasteiger charge is 2.22. The van der Waals surface area contributed by atoms with Gasteiger partial charge in [-0.3, -0.25) is 4.90 Å². The number of hydrogen-bond acceptors (Lipinski definition) is 5. The van der Waals surface area contributed by atoms with Gasteiger partial charge in [-0.15, -0.1) is 0 Å². The molecule has 1 saturated heterocycles. The zero-order valence-electron chi connectivity index (χ0n) is 15.6. The Balaban J connectivity index is 2.09. The van der Waals surface area contributed by atoms with Gasteiger partial charge in [0, 0.05) is 39.5 Å². The molecule has 0 spiro atoms. The highest BCUT2D eigenvalue weighted by molar-refractivity contribution is 4.73. The van der Waals surface area contributed by atoms with Crippen LogP contribution in [0.5, 0.6) is 0 Å². The molecule has 0 saturated carbocycles. The summed E-state index contributed by atoms with van der Waals surface area (Å²) >= 11 is 0. The van der Waals surface area contributed by atoms with Gasteiger partial charge in [0.25, 0.3) is 0 Å². The molecule has 23 heavy (non-hydrogen) atoms. The van der Waals surface area contributed by atoms with Gasteiger partial charge in [-0.05, 0) is 25.2 Å². The van der Waals surface area contributed by atoms with Gasteiger partial charge in [0.1, 0.15) is 0 Å². The first-order chi connectivity index (χ1) is 11.1. The Hall–Kier alpha value is -0.200. The van der Waals surface area contributed by atoms with Gasteiger partial charge in [0.2, 0.25) is 0 Å². The molecule has 0 aromatic heterocycles. The van der Waals surface area contributed by atoms with Crippen molar-refractivity contribution in [1.29, 1.82) is 0 Å². The number of nitrogens with zero attached hydrogens (tertiary/aromatic N) is 1. The zero-order valence-corrected chi connectivity index (χ0v) is 15.6. The Labute approximate surface area is 142 Å². The van der Waals surface area contributed by atoms with Crippen molar-refractivity contribution in [3.63, 3.8) is 0 Å². The van der Waals surface area contributed by atoms with Crippen LogP contribution in [0, 0.1) is 11.8 Å². The van der Waals surface area contributed by atoms with Crippen molar-refractivity contribution in [3.8, 4) is 0 Å². The number of morpholine rings is 1. The third-order valence-corrected chi connectivity index (χ3v) is 3.87. The quantitative estimate of drug-likeness (QED) is 0.485. The molecule has 1 fully saturated rings. The minimum absolute atomic E-state index is 0.319. The average molecular weight is 331 g/mol. The van der Waals surface area contributed by atoms with Crippen LogP contribution in [-0.2, 0) is 18.9 Å². The van der Waals surface area contributed by atoms with Crippen LogP contribution in [0.15, 0.2) is 0 Å². The van der Waals surface area contributed by atoms with Gasteiger partial charge in [0.15, 0.2) is 0 Å². The van der Waals surface area contributed by atoms with Crippen LogP contribution in [0.25, 0.3) is 0 Å². The summed E-state index contributed by atoms with van der Waals surface area (Å²) in [7, 11) is 0. The second kappa shape index (κ2) is 13.1. The summed E-state index contributed by atoms with van der Waals surface area (Å²) in [5.41, 5.74) is 0. The summed E-state index contributed by atoms with van der Waals surface area (Å²) in [5.74, 6) is 1.12. The summed E-state index contributed by atoms with van der Waals surface area (Å²) in [5, 5.41) is 0. The average Bonchev–Trinajstić information content (AvgIpc) is 2.51. The van der Waals surface area contributed by atoms with E-state index >= 15 is 0 Å². The Morgan fingerprint density at radius 3 is 2.52 bits per heavy atom. The van der Waals surface area contributed by atoms with E-state index in [1.54, 1.807) is 0 Å². The van der Waals surface area contributed by atoms with Crippen molar-refractivity contribution in [2.75, 3.05) is 65.9 Å². The zero-order chi connectivity index (χ0) is 16.9. The van der Waals surface area contributed by atoms with Gasteiger partial charge in [0.05, 0.1) is 32.5 Å². The number of ether oxygens (including phenoxy) is 4. The van der Waals surface area contributed by atoms with E-state index in [0.717, 1.165) is 59.1 Å². The third-order valence-electron chi connectivity index (χ3n) is 3.87. The normalized spacial score (nSPS) is 21.0. The molecule has 0 aromatic carbocycles. The van der Waals surface area contributed by atoms with Crippen molar-refractivity contribution in [2.45, 2.75) is 40.2 Å². The van der Waals surface area contributed by atoms with Gasteiger partial charge >= 0.3 is 0 Å². The lowest BCUT2D eigenvalue weighted by Crippen LogP contribution is -2.44. The first-order valence-electron chi connectivity index (χ1n) is 9.19. The van der Waals surface area contributed by atoms with Gasteiger partial charge in [-0.25, -0.2) is 0 Å². The summed E-state index contributed by atoms with van der Waals surface area (Å²) in [6.07, 6.45) is 1.37. The van der Waals surface area contributed by atoms with Crippen LogP contribution in [0.3, 0.4) is 0 Å². The van der Waals surface area contributed by atoms with E-state index < -0.39 is 0 Å². The molecule has 1 aliphatic rings. The maximum atomic E-state index is 5.91. The van der Waals surface area contributed by atoms with E-state index in [4.69, 9.17) is 18.9 Å². The van der Waals surface area contributed by atoms with E-state index in [1.165, 1.54) is 0 Å². The lowest BCUT2D eigenvalue weighted by atomic mass is 10.0. The van der Waals surface area contributed by atoms with Crippen LogP contribution in [0.4, 0.5) is 0 Å². The molecule has 5 nitrogen and oxygen atoms in total. The standard InChI is InChI=1S/C18H37NO4/c1-5-20-10-11-22-15-17(4)12-18-13-19(7-9-23-18)6-8-21-14-16(2)3/h16-18H,5-15H2,1-4H3. The molecule has 0 amide bonds. The predicted octanol–water partition coefficient (Wildman–Crippen LogP) is 2.44. The molecule has 1 rings (SSSR count). The Kier molecular flexibility index (Phi) is 11.9. The molecule has 2 unspecified atom stereocenters. The molecule has 2 atom stereocenters. The first kappa shape index (κ1) is 20.8. The molecule has 0 N–H and O–H groups in total. The molecule has 0 radical (unpaired) electrons. The third kappa shape index (κ3) is 11.1. The fourth-order valence-electron chi connectivity index (χ4n) is 2.70. The van der Waals surface area contributed by atoms with E-state index in [9.17, 15) is 0 Å². The van der Waals surface area contributed by atoms with Crippen molar-refractivity contribution in [2.24, 2.45) is 11.8 Å². The van der Waals surface area contributed by atoms with Crippen LogP contribution in [-0.4, -0.2) is 76.9 Å². The minimum atomic E-state index is 0.319. The molecule has 138 valence electrons. The SMILES string of the molecule is CCOCCOCC(C)CC1CN(CCOCC(C)C)CCO1. The molecular formula is C18H37NO4. The second-order valence-corrected chi connectivity index (χ2v) is 6.87. The first-order valence-corrected chi connectivity index (χ1v) is 9.19. The van der Waals surface area contributed by atoms with E-state index in [-0.39, 0.29) is 0 Å². The fourth-order valence-corrected chi connectivity index (χ4v) is 2.70. The Morgan fingerprint density at radius 2 is 1.78 bits per heavy atom. The monoisotopic (exact) mass is 331 g/mol. The van der Waals surface area contributed by atoms with Gasteiger partial charge < -0.3 is 18.9 Å². The molecule has 0 aliphatic carbocycles. The number of hydrogen-bond donors (Lipinski definition) is 0. The van der Waals surface area contributed by atoms with Crippen molar-refractivity contribution in [1.82, 2.24) is 4.90 Å². The van der Waals surface area contributed by atoms with E-state index in [2.05, 4.69) is 25.7 Å². The Morgan fingerprint density at radius 1 is 1.04 bits per heavy atom. The largest absolute Gasteiger partial charge is 0.380 e. The van der Waals surface area contributed by atoms with E-state index in [0.29, 0.717) is 31.2 Å². The summed E-state index contributed by atoms with van der Waals surface area (Å²) in [6.45, 7) is 17.0. The molecular weight excluding hydrogens is 294 g/mol. The predicted molar refractivity (Wildman–Crippen MR) is 92.9 cm³/mol. The van der Waals surface area contributed by atoms with Crippen molar-refractivity contribution in [3.05, 3.63) is 0 Å². The molecule has 1 aliphatic heterocycles. The maximum absolute atomic E-state index is 5.91. The highest BCUT2D eigenvalue weighted by Crippen LogP contribution is 2.14. The minimum Gasteiger partial charge on any atom is -0.380 e. The van der Waals surface area contributed by atoms with Crippen LogP contribution in [0.1, 0.15) is 34.1 Å². The van der Waals surface area contributed by atoms with Crippen molar-refractivity contribution >= 4 is 0 Å². The van der Waals surface area contributed by atoms with Crippen LogP contribution in [0.2, 0.25) is 0 Å². The molecule has 5 heteroatoms. The lowest BCUT2D eigenvalue weighted by molar-refractivity contribution is -0.0520. The lowest BCUT2D eigenvalue weighted by Gasteiger charge is -2.34. The molecule has 0 bridgehead atoms. The Bertz CT molecular complexity index is 276. The van der Waals surface area contributed by atoms with E-state index in [1.807, 2.05) is 6.92 Å². The molecule has 1 heterocycles. The van der Waals surface area contributed by atoms with Crippen LogP contribution >= 0.6 is 0 Å². The maximum Gasteiger partial charge on any atom is 0.0706 e. The second-order valence-electron chi connectivity index (χ2n) is 6.87. The van der Waals surface area contributed by atoms with Crippen LogP contribution < -0.4 is 0 Å². The summed E-state index contributed by atoms with van der Waals surface area (Å²) in [4.78, 5) is 2.46. The smallest absolute Gasteiger partial charge is 0.0706 e. The summed E-state index contributed by atoms with van der Waals surface area (Å²) in [6, 6.07) is 0.